The molecule has 1 rings (SSSR count). The van der Waals surface area contributed by atoms with E-state index in [1.165, 1.54) is 6.07 Å². The normalized spacial score (nSPS) is 12.4. The van der Waals surface area contributed by atoms with Crippen molar-refractivity contribution in [3.8, 4) is 0 Å². The van der Waals surface area contributed by atoms with Gasteiger partial charge in [-0.15, -0.1) is 0 Å². The standard InChI is InChI=1S/C12H17ClN2O3/c1-9(4-5-16)7-14-8-10-2-3-11(13)6-12(10)15(17)18/h2-3,6,9,14,16H,4-5,7-8H2,1H3. The highest BCUT2D eigenvalue weighted by atomic mass is 35.5. The summed E-state index contributed by atoms with van der Waals surface area (Å²) in [4.78, 5) is 10.4. The van der Waals surface area contributed by atoms with E-state index in [9.17, 15) is 10.1 Å². The Labute approximate surface area is 111 Å². The summed E-state index contributed by atoms with van der Waals surface area (Å²) in [6.45, 7) is 3.30. The van der Waals surface area contributed by atoms with Gasteiger partial charge in [0.2, 0.25) is 0 Å². The number of nitro benzene ring substituents is 1. The third kappa shape index (κ3) is 4.60. The molecule has 0 saturated heterocycles. The summed E-state index contributed by atoms with van der Waals surface area (Å²) in [5.41, 5.74) is 0.644. The van der Waals surface area contributed by atoms with Crippen molar-refractivity contribution in [3.05, 3.63) is 38.9 Å². The Hall–Kier alpha value is -1.17. The molecule has 5 nitrogen and oxygen atoms in total. The molecule has 2 N–H and O–H groups in total. The lowest BCUT2D eigenvalue weighted by molar-refractivity contribution is -0.385. The summed E-state index contributed by atoms with van der Waals surface area (Å²) in [6, 6.07) is 4.66. The van der Waals surface area contributed by atoms with Gasteiger partial charge in [0, 0.05) is 29.8 Å². The molecule has 0 aromatic heterocycles. The summed E-state index contributed by atoms with van der Waals surface area (Å²) in [5.74, 6) is 0.335. The number of aliphatic hydroxyl groups is 1. The highest BCUT2D eigenvalue weighted by Crippen LogP contribution is 2.23. The van der Waals surface area contributed by atoms with Crippen LogP contribution in [0.2, 0.25) is 5.02 Å². The average Bonchev–Trinajstić information content (AvgIpc) is 2.31. The first-order valence-electron chi connectivity index (χ1n) is 5.79. The first kappa shape index (κ1) is 14.9. The lowest BCUT2D eigenvalue weighted by Gasteiger charge is -2.11. The predicted molar refractivity (Wildman–Crippen MR) is 70.7 cm³/mol. The molecule has 0 bridgehead atoms. The topological polar surface area (TPSA) is 75.4 Å². The smallest absolute Gasteiger partial charge is 0.275 e. The molecule has 0 spiro atoms. The number of nitrogens with one attached hydrogen (secondary N) is 1. The van der Waals surface area contributed by atoms with Gasteiger partial charge in [0.25, 0.3) is 5.69 Å². The van der Waals surface area contributed by atoms with Gasteiger partial charge in [0.15, 0.2) is 0 Å². The Bertz CT molecular complexity index is 412. The Morgan fingerprint density at radius 2 is 2.28 bits per heavy atom. The monoisotopic (exact) mass is 272 g/mol. The summed E-state index contributed by atoms with van der Waals surface area (Å²) in [5, 5.41) is 23.1. The van der Waals surface area contributed by atoms with Crippen LogP contribution < -0.4 is 5.32 Å². The van der Waals surface area contributed by atoms with Gasteiger partial charge in [0.05, 0.1) is 4.92 Å². The zero-order chi connectivity index (χ0) is 13.5. The van der Waals surface area contributed by atoms with Crippen molar-refractivity contribution in [2.45, 2.75) is 19.9 Å². The van der Waals surface area contributed by atoms with E-state index in [4.69, 9.17) is 16.7 Å². The minimum atomic E-state index is -0.431. The van der Waals surface area contributed by atoms with E-state index in [1.807, 2.05) is 6.92 Å². The number of hydrogen-bond donors (Lipinski definition) is 2. The maximum Gasteiger partial charge on any atom is 0.275 e. The number of nitrogens with zero attached hydrogens (tertiary/aromatic N) is 1. The molecule has 0 saturated carbocycles. The quantitative estimate of drug-likeness (QED) is 0.590. The Kier molecular flexibility index (Phi) is 6.04. The minimum Gasteiger partial charge on any atom is -0.396 e. The summed E-state index contributed by atoms with van der Waals surface area (Å²) in [6.07, 6.45) is 0.718. The van der Waals surface area contributed by atoms with E-state index in [1.54, 1.807) is 12.1 Å². The largest absolute Gasteiger partial charge is 0.396 e. The summed E-state index contributed by atoms with van der Waals surface area (Å²) in [7, 11) is 0. The van der Waals surface area contributed by atoms with Gasteiger partial charge in [-0.2, -0.15) is 0 Å². The van der Waals surface area contributed by atoms with Crippen LogP contribution in [0.25, 0.3) is 0 Å². The highest BCUT2D eigenvalue weighted by Gasteiger charge is 2.13. The zero-order valence-electron chi connectivity index (χ0n) is 10.2. The SMILES string of the molecule is CC(CCO)CNCc1ccc(Cl)cc1[N+](=O)[O-]. The van der Waals surface area contributed by atoms with Crippen molar-refractivity contribution in [2.24, 2.45) is 5.92 Å². The van der Waals surface area contributed by atoms with E-state index in [-0.39, 0.29) is 12.3 Å². The number of hydrogen-bond acceptors (Lipinski definition) is 4. The lowest BCUT2D eigenvalue weighted by Crippen LogP contribution is -2.21. The van der Waals surface area contributed by atoms with Crippen LogP contribution in [0.4, 0.5) is 5.69 Å². The van der Waals surface area contributed by atoms with Gasteiger partial charge in [-0.1, -0.05) is 18.5 Å². The molecule has 6 heteroatoms. The van der Waals surface area contributed by atoms with E-state index in [0.717, 1.165) is 6.42 Å². The van der Waals surface area contributed by atoms with E-state index < -0.39 is 4.92 Å². The molecule has 0 aliphatic carbocycles. The Morgan fingerprint density at radius 3 is 2.89 bits per heavy atom. The molecule has 0 amide bonds. The van der Waals surface area contributed by atoms with Crippen LogP contribution in [0, 0.1) is 16.0 Å². The number of nitro groups is 1. The molecule has 100 valence electrons. The third-order valence-electron chi connectivity index (χ3n) is 2.67. The summed E-state index contributed by atoms with van der Waals surface area (Å²) < 4.78 is 0. The maximum absolute atomic E-state index is 10.9. The van der Waals surface area contributed by atoms with Gasteiger partial charge < -0.3 is 10.4 Å². The first-order valence-corrected chi connectivity index (χ1v) is 6.16. The van der Waals surface area contributed by atoms with Gasteiger partial charge in [-0.05, 0) is 31.0 Å². The first-order chi connectivity index (χ1) is 8.54. The Balaban J connectivity index is 2.59. The number of benzene rings is 1. The molecule has 0 aliphatic rings. The molecule has 0 fully saturated rings. The molecule has 1 atom stereocenters. The second-order valence-corrected chi connectivity index (χ2v) is 4.71. The molecule has 1 aromatic carbocycles. The van der Waals surface area contributed by atoms with Crippen LogP contribution in [0.3, 0.4) is 0 Å². The van der Waals surface area contributed by atoms with Gasteiger partial charge in [-0.25, -0.2) is 0 Å². The molecule has 18 heavy (non-hydrogen) atoms. The Morgan fingerprint density at radius 1 is 1.56 bits per heavy atom. The number of aliphatic hydroxyl groups excluding tert-OH is 1. The van der Waals surface area contributed by atoms with Crippen molar-refractivity contribution in [2.75, 3.05) is 13.2 Å². The van der Waals surface area contributed by atoms with Crippen LogP contribution in [-0.2, 0) is 6.54 Å². The highest BCUT2D eigenvalue weighted by molar-refractivity contribution is 6.30. The van der Waals surface area contributed by atoms with Crippen molar-refractivity contribution < 1.29 is 10.0 Å². The van der Waals surface area contributed by atoms with Crippen molar-refractivity contribution in [1.29, 1.82) is 0 Å². The lowest BCUT2D eigenvalue weighted by atomic mass is 10.1. The number of halogens is 1. The fourth-order valence-electron chi connectivity index (χ4n) is 1.63. The van der Waals surface area contributed by atoms with E-state index in [2.05, 4.69) is 5.32 Å². The van der Waals surface area contributed by atoms with Crippen LogP contribution in [-0.4, -0.2) is 23.2 Å². The zero-order valence-corrected chi connectivity index (χ0v) is 11.0. The van der Waals surface area contributed by atoms with Crippen LogP contribution in [0.15, 0.2) is 18.2 Å². The molecular formula is C12H17ClN2O3. The average molecular weight is 273 g/mol. The van der Waals surface area contributed by atoms with Crippen LogP contribution >= 0.6 is 11.6 Å². The second kappa shape index (κ2) is 7.31. The minimum absolute atomic E-state index is 0.0322. The van der Waals surface area contributed by atoms with Gasteiger partial charge >= 0.3 is 0 Å². The van der Waals surface area contributed by atoms with Crippen molar-refractivity contribution in [1.82, 2.24) is 5.32 Å². The van der Waals surface area contributed by atoms with E-state index in [0.29, 0.717) is 29.6 Å². The predicted octanol–water partition coefficient (Wildman–Crippen LogP) is 2.36. The molecule has 0 heterocycles. The number of rotatable bonds is 7. The fourth-order valence-corrected chi connectivity index (χ4v) is 1.80. The molecule has 1 unspecified atom stereocenters. The third-order valence-corrected chi connectivity index (χ3v) is 2.91. The molecule has 0 aliphatic heterocycles. The van der Waals surface area contributed by atoms with Gasteiger partial charge in [-0.3, -0.25) is 10.1 Å². The van der Waals surface area contributed by atoms with Gasteiger partial charge in [0.1, 0.15) is 0 Å². The van der Waals surface area contributed by atoms with Crippen LogP contribution in [0.5, 0.6) is 0 Å². The maximum atomic E-state index is 10.9. The second-order valence-electron chi connectivity index (χ2n) is 4.28. The molecular weight excluding hydrogens is 256 g/mol. The van der Waals surface area contributed by atoms with E-state index >= 15 is 0 Å². The van der Waals surface area contributed by atoms with Crippen molar-refractivity contribution in [3.63, 3.8) is 0 Å². The van der Waals surface area contributed by atoms with Crippen LogP contribution in [0.1, 0.15) is 18.9 Å². The molecule has 0 radical (unpaired) electrons. The summed E-state index contributed by atoms with van der Waals surface area (Å²) >= 11 is 5.73. The fraction of sp³-hybridized carbons (Fsp3) is 0.500. The molecule has 1 aromatic rings. The van der Waals surface area contributed by atoms with Crippen molar-refractivity contribution >= 4 is 17.3 Å².